The average Bonchev–Trinajstić information content (AvgIpc) is 2.87. The number of nitrogens with one attached hydrogen (secondary N) is 1. The largest absolute Gasteiger partial charge is 0.416 e. The Morgan fingerprint density at radius 3 is 2.13 bits per heavy atom. The number of hydrazone groups is 1. The van der Waals surface area contributed by atoms with Gasteiger partial charge in [0, 0.05) is 18.7 Å². The van der Waals surface area contributed by atoms with Crippen molar-refractivity contribution in [3.05, 3.63) is 83.4 Å². The maximum absolute atomic E-state index is 13.1. The molecule has 0 bridgehead atoms. The predicted octanol–water partition coefficient (Wildman–Crippen LogP) is 6.25. The Kier molecular flexibility index (Phi) is 9.61. The summed E-state index contributed by atoms with van der Waals surface area (Å²) in [6.07, 6.45) is -4.50. The van der Waals surface area contributed by atoms with Crippen LogP contribution in [-0.2, 0) is 17.4 Å². The fourth-order valence-corrected chi connectivity index (χ4v) is 4.45. The van der Waals surface area contributed by atoms with E-state index < -0.39 is 11.7 Å². The van der Waals surface area contributed by atoms with Crippen LogP contribution >= 0.6 is 0 Å². The molecule has 0 fully saturated rings. The first kappa shape index (κ1) is 29.5. The second kappa shape index (κ2) is 12.7. The minimum Gasteiger partial charge on any atom is -0.382 e. The second-order valence-electron chi connectivity index (χ2n) is 10.4. The molecule has 9 heteroatoms. The summed E-state index contributed by atoms with van der Waals surface area (Å²) in [7, 11) is 0. The van der Waals surface area contributed by atoms with Gasteiger partial charge in [0.05, 0.1) is 23.4 Å². The van der Waals surface area contributed by atoms with Crippen LogP contribution < -0.4 is 21.8 Å². The highest BCUT2D eigenvalue weighted by molar-refractivity contribution is 6.04. The lowest BCUT2D eigenvalue weighted by molar-refractivity contribution is -0.137. The number of amides is 1. The Morgan fingerprint density at radius 2 is 1.56 bits per heavy atom. The van der Waals surface area contributed by atoms with Crippen molar-refractivity contribution in [1.29, 1.82) is 0 Å². The highest BCUT2D eigenvalue weighted by Gasteiger charge is 2.30. The molecular formula is C30H36F3N5O. The summed E-state index contributed by atoms with van der Waals surface area (Å²) in [6, 6.07) is 17.9. The number of rotatable bonds is 10. The van der Waals surface area contributed by atoms with E-state index in [1.807, 2.05) is 42.5 Å². The number of nitrogens with two attached hydrogens (primary N) is 2. The van der Waals surface area contributed by atoms with Crippen molar-refractivity contribution < 1.29 is 18.0 Å². The highest BCUT2D eigenvalue weighted by atomic mass is 19.4. The molecule has 39 heavy (non-hydrogen) atoms. The minimum atomic E-state index is -4.43. The van der Waals surface area contributed by atoms with E-state index in [-0.39, 0.29) is 18.2 Å². The first-order chi connectivity index (χ1) is 18.4. The van der Waals surface area contributed by atoms with Gasteiger partial charge in [-0.05, 0) is 52.8 Å². The van der Waals surface area contributed by atoms with Gasteiger partial charge in [0.1, 0.15) is 0 Å². The molecule has 0 aromatic heterocycles. The molecule has 5 N–H and O–H groups in total. The molecular weight excluding hydrogens is 503 g/mol. The molecule has 0 radical (unpaired) electrons. The Morgan fingerprint density at radius 1 is 0.949 bits per heavy atom. The van der Waals surface area contributed by atoms with Gasteiger partial charge < -0.3 is 21.8 Å². The van der Waals surface area contributed by atoms with E-state index in [9.17, 15) is 18.0 Å². The Balaban J connectivity index is 2.01. The standard InChI is InChI=1S/C30H36F3N5O/c1-19(2)17-38(18-20(3)4)27-14-11-22(24-7-5-6-8-25(24)29(34)37-35)16-26(27)36-28(39)15-21-9-12-23(13-10-21)30(31,32)33/h5-14,16,19-20H,15,17-18,35H2,1-4H3,(H2,34,37)(H,36,39). The van der Waals surface area contributed by atoms with Gasteiger partial charge in [-0.3, -0.25) is 4.79 Å². The lowest BCUT2D eigenvalue weighted by atomic mass is 9.97. The maximum atomic E-state index is 13.1. The second-order valence-corrected chi connectivity index (χ2v) is 10.4. The number of amidine groups is 1. The predicted molar refractivity (Wildman–Crippen MR) is 152 cm³/mol. The van der Waals surface area contributed by atoms with Crippen LogP contribution in [0.2, 0.25) is 0 Å². The van der Waals surface area contributed by atoms with Crippen molar-refractivity contribution in [2.45, 2.75) is 40.3 Å². The first-order valence-electron chi connectivity index (χ1n) is 12.9. The van der Waals surface area contributed by atoms with Gasteiger partial charge in [-0.2, -0.15) is 18.3 Å². The SMILES string of the molecule is CC(C)CN(CC(C)C)c1ccc(-c2ccccc2/C(N)=N/N)cc1NC(=O)Cc1ccc(C(F)(F)F)cc1. The Hall–Kier alpha value is -4.01. The van der Waals surface area contributed by atoms with Crippen molar-refractivity contribution in [2.24, 2.45) is 28.5 Å². The summed E-state index contributed by atoms with van der Waals surface area (Å²) in [6.45, 7) is 10.1. The molecule has 3 rings (SSSR count). The number of hydrogen-bond acceptors (Lipinski definition) is 4. The molecule has 0 aliphatic carbocycles. The van der Waals surface area contributed by atoms with E-state index in [2.05, 4.69) is 43.0 Å². The maximum Gasteiger partial charge on any atom is 0.416 e. The molecule has 208 valence electrons. The van der Waals surface area contributed by atoms with E-state index in [1.54, 1.807) is 0 Å². The third-order valence-electron chi connectivity index (χ3n) is 6.08. The van der Waals surface area contributed by atoms with Crippen LogP contribution in [0.1, 0.15) is 44.4 Å². The molecule has 0 saturated carbocycles. The van der Waals surface area contributed by atoms with Gasteiger partial charge in [0.15, 0.2) is 5.84 Å². The van der Waals surface area contributed by atoms with Crippen molar-refractivity contribution in [2.75, 3.05) is 23.3 Å². The van der Waals surface area contributed by atoms with Gasteiger partial charge in [0.2, 0.25) is 5.91 Å². The van der Waals surface area contributed by atoms with E-state index in [1.165, 1.54) is 12.1 Å². The van der Waals surface area contributed by atoms with Gasteiger partial charge in [0.25, 0.3) is 0 Å². The van der Waals surface area contributed by atoms with Crippen LogP contribution in [0.4, 0.5) is 24.5 Å². The van der Waals surface area contributed by atoms with Crippen molar-refractivity contribution in [3.63, 3.8) is 0 Å². The zero-order chi connectivity index (χ0) is 28.7. The number of benzene rings is 3. The number of nitrogens with zero attached hydrogens (tertiary/aromatic N) is 2. The number of halogens is 3. The van der Waals surface area contributed by atoms with E-state index >= 15 is 0 Å². The molecule has 0 unspecified atom stereocenters. The van der Waals surface area contributed by atoms with E-state index in [0.29, 0.717) is 28.7 Å². The highest BCUT2D eigenvalue weighted by Crippen LogP contribution is 2.34. The third kappa shape index (κ3) is 7.99. The smallest absolute Gasteiger partial charge is 0.382 e. The van der Waals surface area contributed by atoms with E-state index in [0.717, 1.165) is 42.0 Å². The average molecular weight is 540 g/mol. The van der Waals surface area contributed by atoms with Crippen LogP contribution in [0.15, 0.2) is 71.8 Å². The van der Waals surface area contributed by atoms with Crippen LogP contribution in [0, 0.1) is 11.8 Å². The fraction of sp³-hybridized carbons (Fsp3) is 0.333. The van der Waals surface area contributed by atoms with Gasteiger partial charge in [-0.15, -0.1) is 0 Å². The number of hydrogen-bond donors (Lipinski definition) is 3. The first-order valence-corrected chi connectivity index (χ1v) is 12.9. The number of carbonyl (C=O) groups excluding carboxylic acids is 1. The normalized spacial score (nSPS) is 12.2. The molecule has 0 aliphatic heterocycles. The molecule has 6 nitrogen and oxygen atoms in total. The van der Waals surface area contributed by atoms with E-state index in [4.69, 9.17) is 11.6 Å². The van der Waals surface area contributed by atoms with Gasteiger partial charge >= 0.3 is 6.18 Å². The molecule has 3 aromatic carbocycles. The lowest BCUT2D eigenvalue weighted by Gasteiger charge is -2.31. The van der Waals surface area contributed by atoms with Crippen LogP contribution in [-0.4, -0.2) is 24.8 Å². The molecule has 0 heterocycles. The van der Waals surface area contributed by atoms with Crippen LogP contribution in [0.25, 0.3) is 11.1 Å². The lowest BCUT2D eigenvalue weighted by Crippen LogP contribution is -2.32. The zero-order valence-electron chi connectivity index (χ0n) is 22.7. The summed E-state index contributed by atoms with van der Waals surface area (Å²) < 4.78 is 38.8. The van der Waals surface area contributed by atoms with Gasteiger partial charge in [-0.1, -0.05) is 70.2 Å². The van der Waals surface area contributed by atoms with Crippen LogP contribution in [0.5, 0.6) is 0 Å². The molecule has 0 atom stereocenters. The summed E-state index contributed by atoms with van der Waals surface area (Å²) in [5, 5.41) is 6.66. The summed E-state index contributed by atoms with van der Waals surface area (Å²) in [5.74, 6) is 6.05. The zero-order valence-corrected chi connectivity index (χ0v) is 22.7. The van der Waals surface area contributed by atoms with Crippen molar-refractivity contribution in [1.82, 2.24) is 0 Å². The summed E-state index contributed by atoms with van der Waals surface area (Å²) >= 11 is 0. The number of carbonyl (C=O) groups is 1. The van der Waals surface area contributed by atoms with Crippen molar-refractivity contribution in [3.8, 4) is 11.1 Å². The Labute approximate surface area is 227 Å². The minimum absolute atomic E-state index is 0.0699. The molecule has 0 spiro atoms. The monoisotopic (exact) mass is 539 g/mol. The number of alkyl halides is 3. The molecule has 0 aliphatic rings. The summed E-state index contributed by atoms with van der Waals surface area (Å²) in [5.41, 5.74) is 9.50. The Bertz CT molecular complexity index is 1290. The third-order valence-corrected chi connectivity index (χ3v) is 6.08. The summed E-state index contributed by atoms with van der Waals surface area (Å²) in [4.78, 5) is 15.4. The number of anilines is 2. The molecule has 1 amide bonds. The van der Waals surface area contributed by atoms with Gasteiger partial charge in [-0.25, -0.2) is 0 Å². The van der Waals surface area contributed by atoms with Crippen LogP contribution in [0.3, 0.4) is 0 Å². The quantitative estimate of drug-likeness (QED) is 0.123. The molecule has 3 aromatic rings. The van der Waals surface area contributed by atoms with Crippen molar-refractivity contribution >= 4 is 23.1 Å². The topological polar surface area (TPSA) is 96.7 Å². The molecule has 0 saturated heterocycles. The fourth-order valence-electron chi connectivity index (χ4n) is 4.45.